The molecule has 0 spiro atoms. The third-order valence-electron chi connectivity index (χ3n) is 11.2. The molecule has 0 saturated heterocycles. The molecule has 0 radical (unpaired) electrons. The van der Waals surface area contributed by atoms with Crippen LogP contribution in [0.25, 0.3) is 21.9 Å². The maximum absolute atomic E-state index is 6.28. The highest BCUT2D eigenvalue weighted by molar-refractivity contribution is 7.20. The number of benzene rings is 9. The zero-order valence-corrected chi connectivity index (χ0v) is 32.9. The highest BCUT2D eigenvalue weighted by atomic mass is 28.3. The van der Waals surface area contributed by atoms with Gasteiger partial charge in [-0.1, -0.05) is 158 Å². The van der Waals surface area contributed by atoms with E-state index in [9.17, 15) is 0 Å². The van der Waals surface area contributed by atoms with Gasteiger partial charge in [-0.25, -0.2) is 0 Å². The van der Waals surface area contributed by atoms with Crippen molar-refractivity contribution >= 4 is 84.9 Å². The molecule has 9 aromatic carbocycles. The molecule has 4 heteroatoms. The van der Waals surface area contributed by atoms with Crippen molar-refractivity contribution in [1.82, 2.24) is 0 Å². The van der Waals surface area contributed by atoms with E-state index >= 15 is 0 Å². The van der Waals surface area contributed by atoms with Crippen LogP contribution in [0.4, 0.5) is 34.1 Å². The molecular weight excluding hydrogens is 721 g/mol. The van der Waals surface area contributed by atoms with Gasteiger partial charge in [-0.2, -0.15) is 0 Å². The van der Waals surface area contributed by atoms with Crippen LogP contribution in [0.2, 0.25) is 0 Å². The molecule has 3 nitrogen and oxygen atoms in total. The fourth-order valence-corrected chi connectivity index (χ4v) is 13.4. The van der Waals surface area contributed by atoms with E-state index in [-0.39, 0.29) is 0 Å². The van der Waals surface area contributed by atoms with E-state index in [4.69, 9.17) is 4.42 Å². The molecule has 58 heavy (non-hydrogen) atoms. The molecule has 0 aliphatic rings. The van der Waals surface area contributed by atoms with E-state index in [2.05, 4.69) is 240 Å². The minimum atomic E-state index is -3.00. The van der Waals surface area contributed by atoms with E-state index in [1.807, 2.05) is 12.1 Å². The lowest BCUT2D eigenvalue weighted by Crippen LogP contribution is -2.74. The first-order chi connectivity index (χ1) is 28.8. The molecule has 0 aliphatic carbocycles. The second-order valence-electron chi connectivity index (χ2n) is 14.5. The number of hydrogen-bond donors (Lipinski definition) is 0. The molecule has 1 heterocycles. The van der Waals surface area contributed by atoms with Gasteiger partial charge in [-0.3, -0.25) is 0 Å². The van der Waals surface area contributed by atoms with Crippen molar-refractivity contribution in [2.45, 2.75) is 0 Å². The fraction of sp³-hybridized carbons (Fsp3) is 0. The van der Waals surface area contributed by atoms with Gasteiger partial charge >= 0.3 is 0 Å². The standard InChI is InChI=1S/C54H40N2OSi/c1-6-20-41(21-7-1)55(42-22-8-2-9-23-42)44-26-18-32-49(38-44)58(47-28-12-4-13-29-47,48-30-14-5-15-31-48)50-33-19-27-45(39-50)56(43-24-10-3-11-25-43)46-36-37-54-52(40-46)51-34-16-17-35-53(51)57-54/h1-40H. The monoisotopic (exact) mass is 760 g/mol. The second-order valence-corrected chi connectivity index (χ2v) is 18.3. The van der Waals surface area contributed by atoms with Gasteiger partial charge in [0.05, 0.1) is 0 Å². The lowest BCUT2D eigenvalue weighted by Gasteiger charge is -2.36. The van der Waals surface area contributed by atoms with Gasteiger partial charge in [-0.15, -0.1) is 0 Å². The molecule has 0 saturated carbocycles. The lowest BCUT2D eigenvalue weighted by atomic mass is 10.1. The Bertz CT molecular complexity index is 2870. The van der Waals surface area contributed by atoms with Crippen molar-refractivity contribution in [3.05, 3.63) is 243 Å². The predicted molar refractivity (Wildman–Crippen MR) is 247 cm³/mol. The summed E-state index contributed by atoms with van der Waals surface area (Å²) in [5.41, 5.74) is 8.35. The zero-order chi connectivity index (χ0) is 38.7. The van der Waals surface area contributed by atoms with Crippen molar-refractivity contribution in [1.29, 1.82) is 0 Å². The van der Waals surface area contributed by atoms with E-state index < -0.39 is 8.07 Å². The van der Waals surface area contributed by atoms with Gasteiger partial charge in [-0.05, 0) is 106 Å². The third-order valence-corrected chi connectivity index (χ3v) is 15.9. The first-order valence-corrected chi connectivity index (χ1v) is 21.8. The molecule has 0 amide bonds. The highest BCUT2D eigenvalue weighted by Crippen LogP contribution is 2.39. The topological polar surface area (TPSA) is 19.6 Å². The molecule has 10 aromatic rings. The van der Waals surface area contributed by atoms with E-state index in [0.29, 0.717) is 0 Å². The lowest BCUT2D eigenvalue weighted by molar-refractivity contribution is 0.669. The van der Waals surface area contributed by atoms with Gasteiger partial charge in [0.25, 0.3) is 0 Å². The van der Waals surface area contributed by atoms with Crippen LogP contribution in [-0.4, -0.2) is 8.07 Å². The minimum Gasteiger partial charge on any atom is -0.456 e. The first-order valence-electron chi connectivity index (χ1n) is 19.8. The summed E-state index contributed by atoms with van der Waals surface area (Å²) in [6.45, 7) is 0. The van der Waals surface area contributed by atoms with Crippen LogP contribution < -0.4 is 30.5 Å². The summed E-state index contributed by atoms with van der Waals surface area (Å²) in [6.07, 6.45) is 0. The van der Waals surface area contributed by atoms with Crippen LogP contribution in [0, 0.1) is 0 Å². The molecule has 0 N–H and O–H groups in total. The Morgan fingerprint density at radius 3 is 1.12 bits per heavy atom. The van der Waals surface area contributed by atoms with Crippen molar-refractivity contribution in [3.8, 4) is 0 Å². The maximum Gasteiger partial charge on any atom is 0.179 e. The third kappa shape index (κ3) is 6.26. The summed E-state index contributed by atoms with van der Waals surface area (Å²) in [7, 11) is -3.00. The largest absolute Gasteiger partial charge is 0.456 e. The van der Waals surface area contributed by atoms with Crippen molar-refractivity contribution < 1.29 is 4.42 Å². The Morgan fingerprint density at radius 1 is 0.259 bits per heavy atom. The molecule has 10 rings (SSSR count). The van der Waals surface area contributed by atoms with Crippen molar-refractivity contribution in [2.75, 3.05) is 9.80 Å². The predicted octanol–water partition coefficient (Wildman–Crippen LogP) is 11.9. The molecule has 0 fully saturated rings. The number of nitrogens with zero attached hydrogens (tertiary/aromatic N) is 2. The summed E-state index contributed by atoms with van der Waals surface area (Å²) in [6, 6.07) is 87.7. The summed E-state index contributed by atoms with van der Waals surface area (Å²) < 4.78 is 6.28. The highest BCUT2D eigenvalue weighted by Gasteiger charge is 2.42. The maximum atomic E-state index is 6.28. The molecular formula is C54H40N2OSi. The summed E-state index contributed by atoms with van der Waals surface area (Å²) in [5.74, 6) is 0. The Kier molecular flexibility index (Phi) is 9.22. The summed E-state index contributed by atoms with van der Waals surface area (Å²) in [4.78, 5) is 4.74. The Morgan fingerprint density at radius 2 is 0.621 bits per heavy atom. The van der Waals surface area contributed by atoms with Gasteiger partial charge in [0.15, 0.2) is 8.07 Å². The second kappa shape index (κ2) is 15.3. The fourth-order valence-electron chi connectivity index (χ4n) is 8.61. The van der Waals surface area contributed by atoms with E-state index in [1.165, 1.54) is 20.7 Å². The molecule has 0 atom stereocenters. The molecule has 276 valence electrons. The van der Waals surface area contributed by atoms with Gasteiger partial charge in [0.1, 0.15) is 11.2 Å². The average Bonchev–Trinajstić information content (AvgIpc) is 3.67. The smallest absolute Gasteiger partial charge is 0.179 e. The molecule has 1 aromatic heterocycles. The summed E-state index contributed by atoms with van der Waals surface area (Å²) in [5, 5.41) is 7.44. The first kappa shape index (κ1) is 35.0. The normalized spacial score (nSPS) is 11.4. The molecule has 0 unspecified atom stereocenters. The van der Waals surface area contributed by atoms with Gasteiger partial charge in [0, 0.05) is 44.9 Å². The number of para-hydroxylation sites is 4. The number of furan rings is 1. The number of anilines is 6. The number of hydrogen-bond acceptors (Lipinski definition) is 3. The van der Waals surface area contributed by atoms with Crippen LogP contribution in [-0.2, 0) is 0 Å². The Balaban J connectivity index is 1.22. The quantitative estimate of drug-likeness (QED) is 0.102. The van der Waals surface area contributed by atoms with E-state index in [0.717, 1.165) is 56.1 Å². The van der Waals surface area contributed by atoms with Gasteiger partial charge < -0.3 is 14.2 Å². The number of fused-ring (bicyclic) bond motifs is 3. The average molecular weight is 761 g/mol. The minimum absolute atomic E-state index is 0.881. The van der Waals surface area contributed by atoms with Crippen molar-refractivity contribution in [3.63, 3.8) is 0 Å². The van der Waals surface area contributed by atoms with Gasteiger partial charge in [0.2, 0.25) is 0 Å². The van der Waals surface area contributed by atoms with Crippen molar-refractivity contribution in [2.24, 2.45) is 0 Å². The molecule has 0 aliphatic heterocycles. The SMILES string of the molecule is c1ccc(N(c2ccccc2)c2cccc([Si](c3ccccc3)(c3ccccc3)c3cccc(N(c4ccccc4)c4ccc5oc6ccccc6c5c4)c3)c2)cc1. The van der Waals surface area contributed by atoms with Crippen LogP contribution in [0.15, 0.2) is 247 Å². The summed E-state index contributed by atoms with van der Waals surface area (Å²) >= 11 is 0. The number of rotatable bonds is 10. The van der Waals surface area contributed by atoms with Crippen LogP contribution >= 0.6 is 0 Å². The van der Waals surface area contributed by atoms with Crippen LogP contribution in [0.5, 0.6) is 0 Å². The Labute approximate surface area is 340 Å². The molecule has 0 bridgehead atoms. The van der Waals surface area contributed by atoms with E-state index in [1.54, 1.807) is 0 Å². The Hall–Kier alpha value is -7.40. The van der Waals surface area contributed by atoms with Crippen LogP contribution in [0.3, 0.4) is 0 Å². The van der Waals surface area contributed by atoms with Crippen LogP contribution in [0.1, 0.15) is 0 Å². The zero-order valence-electron chi connectivity index (χ0n) is 31.9.